The molecule has 0 heterocycles. The molecule has 120 valence electrons. The molecule has 0 aliphatic rings. The van der Waals surface area contributed by atoms with Gasteiger partial charge in [-0.3, -0.25) is 0 Å². The molecule has 2 N–H and O–H groups in total. The van der Waals surface area contributed by atoms with Gasteiger partial charge in [-0.1, -0.05) is 53.7 Å². The second-order valence-corrected chi connectivity index (χ2v) is 9.16. The van der Waals surface area contributed by atoms with Crippen LogP contribution in [0.4, 0.5) is 0 Å². The molecule has 0 amide bonds. The molecule has 0 aliphatic carbocycles. The van der Waals surface area contributed by atoms with E-state index < -0.39 is 10.0 Å². The molecular weight excluding hydrogens is 286 g/mol. The molecule has 1 rings (SSSR count). The molecule has 0 aromatic heterocycles. The van der Waals surface area contributed by atoms with Crippen LogP contribution in [-0.4, -0.2) is 20.8 Å². The minimum Gasteiger partial charge on any atom is -0.492 e. The van der Waals surface area contributed by atoms with Crippen LogP contribution in [0, 0.1) is 0 Å². The van der Waals surface area contributed by atoms with E-state index in [0.717, 1.165) is 11.3 Å². The van der Waals surface area contributed by atoms with Crippen molar-refractivity contribution in [3.05, 3.63) is 29.3 Å². The Labute approximate surface area is 128 Å². The fourth-order valence-electron chi connectivity index (χ4n) is 1.98. The molecule has 5 heteroatoms. The highest BCUT2D eigenvalue weighted by molar-refractivity contribution is 7.89. The fraction of sp³-hybridized carbons (Fsp3) is 0.625. The molecule has 0 atom stereocenters. The second-order valence-electron chi connectivity index (χ2n) is 7.43. The maximum Gasteiger partial charge on any atom is 0.212 e. The Balaban J connectivity index is 3.09. The number of primary sulfonamides is 1. The first-order valence-electron chi connectivity index (χ1n) is 7.09. The third-order valence-corrected chi connectivity index (χ3v) is 4.01. The van der Waals surface area contributed by atoms with Crippen molar-refractivity contribution in [2.75, 3.05) is 12.4 Å². The summed E-state index contributed by atoms with van der Waals surface area (Å²) in [5, 5.41) is 5.00. The Morgan fingerprint density at radius 2 is 1.62 bits per heavy atom. The number of hydrogen-bond acceptors (Lipinski definition) is 3. The molecule has 0 saturated heterocycles. The highest BCUT2D eigenvalue weighted by Crippen LogP contribution is 2.35. The van der Waals surface area contributed by atoms with Crippen LogP contribution in [0.1, 0.15) is 52.7 Å². The molecule has 0 spiro atoms. The lowest BCUT2D eigenvalue weighted by atomic mass is 9.80. The van der Waals surface area contributed by atoms with Crippen molar-refractivity contribution >= 4 is 10.0 Å². The highest BCUT2D eigenvalue weighted by Gasteiger charge is 2.23. The lowest BCUT2D eigenvalue weighted by molar-refractivity contribution is 0.330. The lowest BCUT2D eigenvalue weighted by Crippen LogP contribution is -2.23. The van der Waals surface area contributed by atoms with E-state index in [1.54, 1.807) is 0 Å². The minimum absolute atomic E-state index is 0.0547. The topological polar surface area (TPSA) is 69.4 Å². The number of sulfonamides is 1. The molecule has 0 saturated carbocycles. The zero-order chi connectivity index (χ0) is 16.5. The first kappa shape index (κ1) is 18.0. The van der Waals surface area contributed by atoms with Crippen LogP contribution < -0.4 is 9.88 Å². The van der Waals surface area contributed by atoms with Gasteiger partial charge < -0.3 is 4.74 Å². The number of nitrogens with two attached hydrogens (primary N) is 1. The summed E-state index contributed by atoms with van der Waals surface area (Å²) in [6.45, 7) is 12.9. The number of hydrogen-bond donors (Lipinski definition) is 1. The third-order valence-electron chi connectivity index (χ3n) is 3.28. The summed E-state index contributed by atoms with van der Waals surface area (Å²) >= 11 is 0. The smallest absolute Gasteiger partial charge is 0.212 e. The molecule has 0 radical (unpaired) electrons. The summed E-state index contributed by atoms with van der Waals surface area (Å²) in [4.78, 5) is 0. The zero-order valence-corrected chi connectivity index (χ0v) is 14.7. The van der Waals surface area contributed by atoms with Crippen molar-refractivity contribution < 1.29 is 13.2 Å². The normalized spacial score (nSPS) is 13.3. The van der Waals surface area contributed by atoms with Gasteiger partial charge in [-0.15, -0.1) is 0 Å². The molecule has 1 aromatic rings. The first-order valence-corrected chi connectivity index (χ1v) is 8.80. The average Bonchev–Trinajstić information content (AvgIpc) is 2.24. The predicted molar refractivity (Wildman–Crippen MR) is 87.3 cm³/mol. The largest absolute Gasteiger partial charge is 0.492 e. The van der Waals surface area contributed by atoms with Crippen LogP contribution in [0.25, 0.3) is 0 Å². The zero-order valence-electron chi connectivity index (χ0n) is 13.9. The number of benzene rings is 1. The molecule has 0 fully saturated rings. The van der Waals surface area contributed by atoms with E-state index in [-0.39, 0.29) is 23.2 Å². The van der Waals surface area contributed by atoms with E-state index in [4.69, 9.17) is 9.88 Å². The van der Waals surface area contributed by atoms with E-state index >= 15 is 0 Å². The van der Waals surface area contributed by atoms with Crippen LogP contribution in [-0.2, 0) is 20.9 Å². The van der Waals surface area contributed by atoms with Crippen molar-refractivity contribution in [3.63, 3.8) is 0 Å². The van der Waals surface area contributed by atoms with Crippen LogP contribution in [0.2, 0.25) is 0 Å². The Kier molecular flexibility index (Phi) is 5.11. The average molecular weight is 313 g/mol. The summed E-state index contributed by atoms with van der Waals surface area (Å²) < 4.78 is 27.6. The van der Waals surface area contributed by atoms with Crippen LogP contribution in [0.3, 0.4) is 0 Å². The van der Waals surface area contributed by atoms with E-state index in [9.17, 15) is 8.42 Å². The van der Waals surface area contributed by atoms with Crippen molar-refractivity contribution in [1.29, 1.82) is 0 Å². The quantitative estimate of drug-likeness (QED) is 0.929. The fourth-order valence-corrected chi connectivity index (χ4v) is 2.29. The van der Waals surface area contributed by atoms with Gasteiger partial charge in [0.25, 0.3) is 0 Å². The monoisotopic (exact) mass is 313 g/mol. The van der Waals surface area contributed by atoms with Crippen molar-refractivity contribution in [2.45, 2.75) is 52.4 Å². The van der Waals surface area contributed by atoms with E-state index in [1.807, 2.05) is 12.1 Å². The van der Waals surface area contributed by atoms with Gasteiger partial charge in [0.05, 0.1) is 5.75 Å². The standard InChI is InChI=1S/C16H27NO3S/c1-15(2,3)12-7-8-14(13(11-12)16(4,5)6)20-9-10-21(17,18)19/h7-8,11H,9-10H2,1-6H3,(H2,17,18,19). The molecule has 21 heavy (non-hydrogen) atoms. The Morgan fingerprint density at radius 3 is 2.05 bits per heavy atom. The number of rotatable bonds is 4. The molecule has 1 aromatic carbocycles. The summed E-state index contributed by atoms with van der Waals surface area (Å²) in [6.07, 6.45) is 0. The van der Waals surface area contributed by atoms with Crippen molar-refractivity contribution in [2.24, 2.45) is 5.14 Å². The molecule has 4 nitrogen and oxygen atoms in total. The lowest BCUT2D eigenvalue weighted by Gasteiger charge is -2.27. The molecule has 0 aliphatic heterocycles. The second kappa shape index (κ2) is 5.97. The van der Waals surface area contributed by atoms with Gasteiger partial charge in [0.1, 0.15) is 12.4 Å². The van der Waals surface area contributed by atoms with E-state index in [2.05, 4.69) is 47.6 Å². The maximum absolute atomic E-state index is 11.0. The Bertz CT molecular complexity index is 593. The third kappa shape index (κ3) is 5.67. The van der Waals surface area contributed by atoms with Crippen LogP contribution in [0.5, 0.6) is 5.75 Å². The summed E-state index contributed by atoms with van der Waals surface area (Å²) in [5.74, 6) is 0.539. The highest BCUT2D eigenvalue weighted by atomic mass is 32.2. The van der Waals surface area contributed by atoms with E-state index in [1.165, 1.54) is 5.56 Å². The maximum atomic E-state index is 11.0. The van der Waals surface area contributed by atoms with Gasteiger partial charge >= 0.3 is 0 Å². The first-order chi connectivity index (χ1) is 9.31. The van der Waals surface area contributed by atoms with Gasteiger partial charge in [-0.2, -0.15) is 0 Å². The van der Waals surface area contributed by atoms with Gasteiger partial charge in [-0.25, -0.2) is 13.6 Å². The van der Waals surface area contributed by atoms with Gasteiger partial charge in [-0.05, 0) is 28.0 Å². The molecule has 0 bridgehead atoms. The molecule has 0 unspecified atom stereocenters. The van der Waals surface area contributed by atoms with Gasteiger partial charge in [0.15, 0.2) is 0 Å². The van der Waals surface area contributed by atoms with E-state index in [0.29, 0.717) is 0 Å². The van der Waals surface area contributed by atoms with Crippen LogP contribution >= 0.6 is 0 Å². The van der Waals surface area contributed by atoms with Crippen molar-refractivity contribution in [1.82, 2.24) is 0 Å². The molecular formula is C16H27NO3S. The summed E-state index contributed by atoms with van der Waals surface area (Å²) in [7, 11) is -3.50. The minimum atomic E-state index is -3.50. The summed E-state index contributed by atoms with van der Waals surface area (Å²) in [5.41, 5.74) is 2.27. The Hall–Kier alpha value is -1.07. The Morgan fingerprint density at radius 1 is 1.05 bits per heavy atom. The van der Waals surface area contributed by atoms with Gasteiger partial charge in [0, 0.05) is 0 Å². The van der Waals surface area contributed by atoms with Crippen LogP contribution in [0.15, 0.2) is 18.2 Å². The van der Waals surface area contributed by atoms with Crippen molar-refractivity contribution in [3.8, 4) is 5.75 Å². The summed E-state index contributed by atoms with van der Waals surface area (Å²) in [6, 6.07) is 6.10. The SMILES string of the molecule is CC(C)(C)c1ccc(OCCS(N)(=O)=O)c(C(C)(C)C)c1. The number of ether oxygens (including phenoxy) is 1. The predicted octanol–water partition coefficient (Wildman–Crippen LogP) is 2.95. The van der Waals surface area contributed by atoms with Gasteiger partial charge in [0.2, 0.25) is 10.0 Å².